The van der Waals surface area contributed by atoms with E-state index >= 15 is 0 Å². The zero-order valence-electron chi connectivity index (χ0n) is 13.8. The Labute approximate surface area is 157 Å². The number of nitrogens with zero attached hydrogens (tertiary/aromatic N) is 3. The molecule has 3 rings (SSSR count). The van der Waals surface area contributed by atoms with E-state index in [1.54, 1.807) is 25.1 Å². The monoisotopic (exact) mass is 391 g/mol. The van der Waals surface area contributed by atoms with Crippen LogP contribution in [0.4, 0.5) is 37.5 Å². The largest absolute Gasteiger partial charge is 0.353 e. The molecule has 1 aromatic heterocycles. The fourth-order valence-electron chi connectivity index (χ4n) is 2.35. The van der Waals surface area contributed by atoms with Gasteiger partial charge >= 0.3 is 5.69 Å². The minimum Gasteiger partial charge on any atom is -0.334 e. The van der Waals surface area contributed by atoms with Crippen molar-refractivity contribution in [2.45, 2.75) is 6.92 Å². The number of hydrogen-bond acceptors (Lipinski definition) is 6. The van der Waals surface area contributed by atoms with Gasteiger partial charge in [-0.05, 0) is 42.8 Å². The van der Waals surface area contributed by atoms with E-state index in [2.05, 4.69) is 20.6 Å². The van der Waals surface area contributed by atoms with E-state index in [-0.39, 0.29) is 17.3 Å². The summed E-state index contributed by atoms with van der Waals surface area (Å²) in [6.07, 6.45) is 1.07. The van der Waals surface area contributed by atoms with Crippen molar-refractivity contribution in [3.8, 4) is 0 Å². The van der Waals surface area contributed by atoms with Crippen LogP contribution in [0.3, 0.4) is 0 Å². The molecule has 0 atom stereocenters. The molecule has 0 saturated carbocycles. The number of hydrogen-bond donors (Lipinski definition) is 2. The number of nitrogens with one attached hydrogen (secondary N) is 2. The molecule has 0 spiro atoms. The van der Waals surface area contributed by atoms with Gasteiger partial charge < -0.3 is 10.6 Å². The van der Waals surface area contributed by atoms with Gasteiger partial charge in [-0.1, -0.05) is 11.6 Å². The first-order valence-electron chi connectivity index (χ1n) is 7.60. The molecule has 0 aliphatic carbocycles. The van der Waals surface area contributed by atoms with Crippen LogP contribution in [0, 0.1) is 28.7 Å². The summed E-state index contributed by atoms with van der Waals surface area (Å²) < 4.78 is 27.2. The quantitative estimate of drug-likeness (QED) is 0.463. The van der Waals surface area contributed by atoms with Crippen molar-refractivity contribution in [3.05, 3.63) is 75.1 Å². The molecule has 0 bridgehead atoms. The minimum absolute atomic E-state index is 0.111. The van der Waals surface area contributed by atoms with Gasteiger partial charge in [0.1, 0.15) is 18.0 Å². The highest BCUT2D eigenvalue weighted by Crippen LogP contribution is 2.34. The average molecular weight is 392 g/mol. The lowest BCUT2D eigenvalue weighted by Gasteiger charge is -2.12. The van der Waals surface area contributed by atoms with E-state index in [1.165, 1.54) is 0 Å². The van der Waals surface area contributed by atoms with E-state index in [0.717, 1.165) is 30.1 Å². The smallest absolute Gasteiger partial charge is 0.334 e. The first-order chi connectivity index (χ1) is 12.8. The molecule has 0 fully saturated rings. The van der Waals surface area contributed by atoms with E-state index in [4.69, 9.17) is 11.6 Å². The van der Waals surface area contributed by atoms with Crippen LogP contribution in [0.25, 0.3) is 0 Å². The molecule has 0 radical (unpaired) electrons. The topological polar surface area (TPSA) is 93.0 Å². The number of rotatable bonds is 5. The maximum absolute atomic E-state index is 13.9. The van der Waals surface area contributed by atoms with Crippen molar-refractivity contribution in [3.63, 3.8) is 0 Å². The maximum atomic E-state index is 13.9. The van der Waals surface area contributed by atoms with Crippen molar-refractivity contribution in [2.75, 3.05) is 10.6 Å². The Balaban J connectivity index is 2.02. The molecule has 2 N–H and O–H groups in total. The molecule has 10 heteroatoms. The fraction of sp³-hybridized carbons (Fsp3) is 0.0588. The average Bonchev–Trinajstić information content (AvgIpc) is 2.60. The molecule has 27 heavy (non-hydrogen) atoms. The van der Waals surface area contributed by atoms with Crippen molar-refractivity contribution in [2.24, 2.45) is 0 Å². The summed E-state index contributed by atoms with van der Waals surface area (Å²) in [5.74, 6) is -1.88. The van der Waals surface area contributed by atoms with Crippen LogP contribution in [0.1, 0.15) is 5.56 Å². The molecular weight excluding hydrogens is 380 g/mol. The van der Waals surface area contributed by atoms with Crippen LogP contribution in [-0.4, -0.2) is 14.9 Å². The third-order valence-electron chi connectivity index (χ3n) is 3.63. The number of nitro groups is 1. The summed E-state index contributed by atoms with van der Waals surface area (Å²) in [4.78, 5) is 18.5. The highest BCUT2D eigenvalue weighted by Gasteiger charge is 2.24. The van der Waals surface area contributed by atoms with Crippen molar-refractivity contribution in [1.29, 1.82) is 0 Å². The molecule has 0 unspecified atom stereocenters. The van der Waals surface area contributed by atoms with Gasteiger partial charge in [-0.3, -0.25) is 10.1 Å². The van der Waals surface area contributed by atoms with E-state index in [1.807, 2.05) is 0 Å². The second kappa shape index (κ2) is 7.50. The summed E-state index contributed by atoms with van der Waals surface area (Å²) in [5.41, 5.74) is 0.478. The third-order valence-corrected chi connectivity index (χ3v) is 3.86. The van der Waals surface area contributed by atoms with Crippen LogP contribution in [0.2, 0.25) is 5.02 Å². The Kier molecular flexibility index (Phi) is 5.13. The van der Waals surface area contributed by atoms with E-state index in [0.29, 0.717) is 10.7 Å². The molecular formula is C17H12ClF2N5O2. The number of aryl methyl sites for hydroxylation is 1. The molecule has 0 amide bonds. The van der Waals surface area contributed by atoms with E-state index in [9.17, 15) is 18.9 Å². The summed E-state index contributed by atoms with van der Waals surface area (Å²) in [6, 6.07) is 7.65. The highest BCUT2D eigenvalue weighted by atomic mass is 35.5. The predicted octanol–water partition coefficient (Wildman–Crippen LogP) is 5.11. The minimum atomic E-state index is -0.785. The summed E-state index contributed by atoms with van der Waals surface area (Å²) in [6.45, 7) is 1.77. The normalized spacial score (nSPS) is 10.5. The first kappa shape index (κ1) is 18.5. The molecule has 0 aliphatic heterocycles. The van der Waals surface area contributed by atoms with Crippen LogP contribution in [0.5, 0.6) is 0 Å². The second-order valence-electron chi connectivity index (χ2n) is 5.51. The molecule has 0 saturated heterocycles. The van der Waals surface area contributed by atoms with Crippen LogP contribution in [0.15, 0.2) is 42.7 Å². The van der Waals surface area contributed by atoms with Gasteiger partial charge in [0.15, 0.2) is 0 Å². The Bertz CT molecular complexity index is 1030. The van der Waals surface area contributed by atoms with Gasteiger partial charge in [0, 0.05) is 16.8 Å². The van der Waals surface area contributed by atoms with Gasteiger partial charge in [0.25, 0.3) is 0 Å². The highest BCUT2D eigenvalue weighted by molar-refractivity contribution is 6.30. The second-order valence-corrected chi connectivity index (χ2v) is 5.95. The summed E-state index contributed by atoms with van der Waals surface area (Å²) in [5, 5.41) is 17.4. The molecule has 138 valence electrons. The molecule has 3 aromatic rings. The maximum Gasteiger partial charge on any atom is 0.353 e. The Morgan fingerprint density at radius 2 is 1.70 bits per heavy atom. The van der Waals surface area contributed by atoms with E-state index < -0.39 is 22.2 Å². The van der Waals surface area contributed by atoms with Gasteiger partial charge in [-0.25, -0.2) is 18.7 Å². The number of anilines is 4. The molecule has 0 aliphatic rings. The lowest BCUT2D eigenvalue weighted by atomic mass is 10.2. The Morgan fingerprint density at radius 1 is 1.04 bits per heavy atom. The van der Waals surface area contributed by atoms with Gasteiger partial charge in [0.2, 0.25) is 11.6 Å². The van der Waals surface area contributed by atoms with Gasteiger partial charge in [-0.15, -0.1) is 0 Å². The van der Waals surface area contributed by atoms with Crippen molar-refractivity contribution in [1.82, 2.24) is 9.97 Å². The molecule has 1 heterocycles. The standard InChI is InChI=1S/C17H12ClF2N5O2/c1-9-6-10(18)2-5-13(9)23-16-15(25(26)27)17(22-8-21-16)24-14-7-11(19)3-4-12(14)20/h2-8H,1H3,(H2,21,22,23,24). The van der Waals surface area contributed by atoms with Crippen LogP contribution in [-0.2, 0) is 0 Å². The number of aromatic nitrogens is 2. The summed E-state index contributed by atoms with van der Waals surface area (Å²) >= 11 is 5.91. The molecule has 7 nitrogen and oxygen atoms in total. The van der Waals surface area contributed by atoms with Gasteiger partial charge in [0.05, 0.1) is 10.6 Å². The zero-order chi connectivity index (χ0) is 19.6. The lowest BCUT2D eigenvalue weighted by molar-refractivity contribution is -0.383. The Morgan fingerprint density at radius 3 is 2.33 bits per heavy atom. The van der Waals surface area contributed by atoms with Crippen LogP contribution < -0.4 is 10.6 Å². The van der Waals surface area contributed by atoms with Crippen LogP contribution >= 0.6 is 11.6 Å². The first-order valence-corrected chi connectivity index (χ1v) is 7.97. The predicted molar refractivity (Wildman–Crippen MR) is 97.8 cm³/mol. The SMILES string of the molecule is Cc1cc(Cl)ccc1Nc1ncnc(Nc2cc(F)ccc2F)c1[N+](=O)[O-]. The van der Waals surface area contributed by atoms with Crippen molar-refractivity contribution < 1.29 is 13.7 Å². The fourth-order valence-corrected chi connectivity index (χ4v) is 2.58. The number of benzene rings is 2. The lowest BCUT2D eigenvalue weighted by Crippen LogP contribution is -2.06. The Hall–Kier alpha value is -3.33. The third kappa shape index (κ3) is 4.09. The van der Waals surface area contributed by atoms with Crippen molar-refractivity contribution >= 4 is 40.3 Å². The number of halogens is 3. The van der Waals surface area contributed by atoms with Gasteiger partial charge in [-0.2, -0.15) is 0 Å². The summed E-state index contributed by atoms with van der Waals surface area (Å²) in [7, 11) is 0. The zero-order valence-corrected chi connectivity index (χ0v) is 14.6. The molecule has 2 aromatic carbocycles.